The van der Waals surface area contributed by atoms with E-state index in [2.05, 4.69) is 4.74 Å². The lowest BCUT2D eigenvalue weighted by Crippen LogP contribution is -2.31. The average Bonchev–Trinajstić information content (AvgIpc) is 2.76. The first-order valence-corrected chi connectivity index (χ1v) is 7.31. The van der Waals surface area contributed by atoms with Crippen molar-refractivity contribution < 1.29 is 31.1 Å². The number of carbonyl (C=O) groups excluding carboxylic acids is 1. The van der Waals surface area contributed by atoms with Crippen molar-refractivity contribution in [2.45, 2.75) is 16.8 Å². The van der Waals surface area contributed by atoms with Crippen LogP contribution >= 0.6 is 11.3 Å². The van der Waals surface area contributed by atoms with Crippen LogP contribution in [-0.4, -0.2) is 33.7 Å². The highest BCUT2D eigenvalue weighted by Gasteiger charge is 2.27. The minimum Gasteiger partial charge on any atom is -0.372 e. The van der Waals surface area contributed by atoms with E-state index in [0.29, 0.717) is 0 Å². The summed E-state index contributed by atoms with van der Waals surface area (Å²) in [4.78, 5) is 11.2. The maximum Gasteiger partial charge on any atom is 0.411 e. The van der Waals surface area contributed by atoms with Crippen LogP contribution in [0, 0.1) is 0 Å². The van der Waals surface area contributed by atoms with Crippen LogP contribution in [0.15, 0.2) is 21.7 Å². The third-order valence-corrected chi connectivity index (χ3v) is 4.52. The number of carbonyl (C=O) groups is 1. The van der Waals surface area contributed by atoms with Gasteiger partial charge in [0.1, 0.15) is 10.8 Å². The second kappa shape index (κ2) is 6.35. The molecule has 0 aliphatic carbocycles. The maximum absolute atomic E-state index is 11.7. The Balaban J connectivity index is 2.36. The van der Waals surface area contributed by atoms with E-state index in [9.17, 15) is 26.4 Å². The summed E-state index contributed by atoms with van der Waals surface area (Å²) >= 11 is 0.921. The fraction of sp³-hybridized carbons (Fsp3) is 0.444. The zero-order valence-electron chi connectivity index (χ0n) is 9.44. The summed E-state index contributed by atoms with van der Waals surface area (Å²) in [6, 6.07) is 2.80. The van der Waals surface area contributed by atoms with Gasteiger partial charge in [-0.1, -0.05) is 6.07 Å². The van der Waals surface area contributed by atoms with Gasteiger partial charge in [0, 0.05) is 0 Å². The molecular formula is C9H10F3NO4S2. The van der Waals surface area contributed by atoms with E-state index >= 15 is 0 Å². The molecule has 0 spiro atoms. The van der Waals surface area contributed by atoms with Gasteiger partial charge in [-0.05, 0) is 11.4 Å². The van der Waals surface area contributed by atoms with Gasteiger partial charge in [-0.2, -0.15) is 13.2 Å². The van der Waals surface area contributed by atoms with Gasteiger partial charge in [0.2, 0.25) is 5.91 Å². The Morgan fingerprint density at radius 2 is 2.11 bits per heavy atom. The number of thiophene rings is 1. The van der Waals surface area contributed by atoms with Crippen LogP contribution < -0.4 is 4.72 Å². The Morgan fingerprint density at radius 3 is 2.63 bits per heavy atom. The summed E-state index contributed by atoms with van der Waals surface area (Å²) in [7, 11) is -3.94. The quantitative estimate of drug-likeness (QED) is 0.808. The highest BCUT2D eigenvalue weighted by atomic mass is 32.2. The van der Waals surface area contributed by atoms with Gasteiger partial charge >= 0.3 is 6.18 Å². The maximum atomic E-state index is 11.7. The fourth-order valence-corrected chi connectivity index (χ4v) is 3.03. The van der Waals surface area contributed by atoms with Gasteiger partial charge < -0.3 is 4.74 Å². The van der Waals surface area contributed by atoms with Crippen LogP contribution in [0.4, 0.5) is 13.2 Å². The molecule has 1 rings (SSSR count). The molecule has 0 aliphatic rings. The van der Waals surface area contributed by atoms with E-state index in [1.165, 1.54) is 17.5 Å². The lowest BCUT2D eigenvalue weighted by Gasteiger charge is -2.08. The number of ether oxygens (including phenoxy) is 1. The average molecular weight is 317 g/mol. The van der Waals surface area contributed by atoms with E-state index in [0.717, 1.165) is 11.3 Å². The summed E-state index contributed by atoms with van der Waals surface area (Å²) in [5.74, 6) is -0.921. The molecule has 10 heteroatoms. The molecule has 1 aromatic rings. The molecule has 0 atom stereocenters. The molecule has 0 saturated heterocycles. The Kier molecular flexibility index (Phi) is 5.32. The monoisotopic (exact) mass is 317 g/mol. The van der Waals surface area contributed by atoms with Crippen LogP contribution in [0.25, 0.3) is 0 Å². The summed E-state index contributed by atoms with van der Waals surface area (Å²) in [6.07, 6.45) is -4.94. The van der Waals surface area contributed by atoms with Crippen LogP contribution in [-0.2, 0) is 19.6 Å². The number of halogens is 3. The van der Waals surface area contributed by atoms with E-state index in [1.54, 1.807) is 4.72 Å². The van der Waals surface area contributed by atoms with Gasteiger partial charge in [-0.25, -0.2) is 13.1 Å². The smallest absolute Gasteiger partial charge is 0.372 e. The molecule has 0 radical (unpaired) electrons. The highest BCUT2D eigenvalue weighted by Crippen LogP contribution is 2.16. The Morgan fingerprint density at radius 1 is 1.42 bits per heavy atom. The molecule has 5 nitrogen and oxygen atoms in total. The molecular weight excluding hydrogens is 307 g/mol. The van der Waals surface area contributed by atoms with Crippen LogP contribution in [0.2, 0.25) is 0 Å². The Hall–Kier alpha value is -1.13. The molecule has 1 heterocycles. The number of hydrogen-bond acceptors (Lipinski definition) is 5. The number of alkyl halides is 3. The van der Waals surface area contributed by atoms with Crippen molar-refractivity contribution in [3.05, 3.63) is 17.5 Å². The van der Waals surface area contributed by atoms with Gasteiger partial charge in [0.15, 0.2) is 0 Å². The van der Waals surface area contributed by atoms with Crippen molar-refractivity contribution in [1.29, 1.82) is 0 Å². The molecule has 0 saturated carbocycles. The Labute approximate surface area is 111 Å². The van der Waals surface area contributed by atoms with Crippen molar-refractivity contribution in [3.8, 4) is 0 Å². The van der Waals surface area contributed by atoms with E-state index in [-0.39, 0.29) is 4.21 Å². The first-order chi connectivity index (χ1) is 8.71. The molecule has 1 N–H and O–H groups in total. The third-order valence-electron chi connectivity index (χ3n) is 1.75. The van der Waals surface area contributed by atoms with Crippen molar-refractivity contribution in [3.63, 3.8) is 0 Å². The largest absolute Gasteiger partial charge is 0.411 e. The van der Waals surface area contributed by atoms with Gasteiger partial charge in [-0.3, -0.25) is 4.79 Å². The minimum atomic E-state index is -4.47. The first-order valence-electron chi connectivity index (χ1n) is 4.94. The lowest BCUT2D eigenvalue weighted by molar-refractivity contribution is -0.174. The second-order valence-corrected chi connectivity index (χ2v) is 6.24. The molecule has 1 aromatic heterocycles. The molecule has 108 valence electrons. The standard InChI is InChI=1S/C9H10F3NO4S2/c10-9(11,12)6-17-4-3-7(14)13-19(15,16)8-2-1-5-18-8/h1-2,5H,3-4,6H2,(H,13,14). The molecule has 0 aromatic carbocycles. The van der Waals surface area contributed by atoms with Crippen molar-refractivity contribution in [2.75, 3.05) is 13.2 Å². The molecule has 0 unspecified atom stereocenters. The molecule has 1 amide bonds. The fourth-order valence-electron chi connectivity index (χ4n) is 1.02. The first kappa shape index (κ1) is 15.9. The molecule has 0 bridgehead atoms. The van der Waals surface area contributed by atoms with Gasteiger partial charge in [0.25, 0.3) is 10.0 Å². The number of rotatable bonds is 6. The van der Waals surface area contributed by atoms with Crippen LogP contribution in [0.5, 0.6) is 0 Å². The van der Waals surface area contributed by atoms with Crippen molar-refractivity contribution >= 4 is 27.3 Å². The number of hydrogen-bond donors (Lipinski definition) is 1. The van der Waals surface area contributed by atoms with Crippen LogP contribution in [0.1, 0.15) is 6.42 Å². The summed E-state index contributed by atoms with van der Waals surface area (Å²) in [5.41, 5.74) is 0. The van der Waals surface area contributed by atoms with Gasteiger partial charge in [-0.15, -0.1) is 11.3 Å². The van der Waals surface area contributed by atoms with Crippen LogP contribution in [0.3, 0.4) is 0 Å². The van der Waals surface area contributed by atoms with E-state index < -0.39 is 41.7 Å². The highest BCUT2D eigenvalue weighted by molar-refractivity contribution is 7.92. The summed E-state index contributed by atoms with van der Waals surface area (Å²) in [5, 5.41) is 1.52. The number of sulfonamides is 1. The molecule has 19 heavy (non-hydrogen) atoms. The van der Waals surface area contributed by atoms with Crippen molar-refractivity contribution in [1.82, 2.24) is 4.72 Å². The van der Waals surface area contributed by atoms with Crippen molar-refractivity contribution in [2.24, 2.45) is 0 Å². The normalized spacial score (nSPS) is 12.4. The number of nitrogens with one attached hydrogen (secondary N) is 1. The summed E-state index contributed by atoms with van der Waals surface area (Å²) < 4.78 is 64.1. The van der Waals surface area contributed by atoms with E-state index in [1.807, 2.05) is 0 Å². The van der Waals surface area contributed by atoms with E-state index in [4.69, 9.17) is 0 Å². The number of amides is 1. The minimum absolute atomic E-state index is 0.0444. The third kappa shape index (κ3) is 6.03. The van der Waals surface area contributed by atoms with Gasteiger partial charge in [0.05, 0.1) is 13.0 Å². The molecule has 0 fully saturated rings. The lowest BCUT2D eigenvalue weighted by atomic mass is 10.4. The molecule has 0 aliphatic heterocycles. The topological polar surface area (TPSA) is 72.5 Å². The Bertz CT molecular complexity index is 510. The zero-order valence-corrected chi connectivity index (χ0v) is 11.1. The predicted molar refractivity (Wildman–Crippen MR) is 61.1 cm³/mol. The predicted octanol–water partition coefficient (Wildman–Crippen LogP) is 1.52. The summed E-state index contributed by atoms with van der Waals surface area (Å²) in [6.45, 7) is -1.98. The second-order valence-electron chi connectivity index (χ2n) is 3.38. The zero-order chi connectivity index (χ0) is 14.5. The SMILES string of the molecule is O=C(CCOCC(F)(F)F)NS(=O)(=O)c1cccs1.